The molecule has 26 heavy (non-hydrogen) atoms. The monoisotopic (exact) mass is 355 g/mol. The topological polar surface area (TPSA) is 102 Å². The van der Waals surface area contributed by atoms with Gasteiger partial charge in [0.15, 0.2) is 6.61 Å². The minimum Gasteiger partial charge on any atom is -0.482 e. The van der Waals surface area contributed by atoms with Crippen LogP contribution < -0.4 is 15.0 Å². The van der Waals surface area contributed by atoms with Crippen molar-refractivity contribution >= 4 is 28.9 Å². The van der Waals surface area contributed by atoms with Gasteiger partial charge in [0.05, 0.1) is 10.6 Å². The molecule has 0 atom stereocenters. The summed E-state index contributed by atoms with van der Waals surface area (Å²) >= 11 is 0. The van der Waals surface area contributed by atoms with Crippen LogP contribution in [0, 0.1) is 24.0 Å². The van der Waals surface area contributed by atoms with Crippen LogP contribution in [0.15, 0.2) is 36.4 Å². The van der Waals surface area contributed by atoms with Crippen LogP contribution in [-0.2, 0) is 9.59 Å². The van der Waals surface area contributed by atoms with Crippen molar-refractivity contribution in [1.82, 2.24) is 0 Å². The number of hydrogen-bond donors (Lipinski definition) is 1. The van der Waals surface area contributed by atoms with E-state index in [1.807, 2.05) is 32.0 Å². The maximum atomic E-state index is 12.4. The second-order valence-corrected chi connectivity index (χ2v) is 6.04. The zero-order valence-corrected chi connectivity index (χ0v) is 14.3. The van der Waals surface area contributed by atoms with Crippen LogP contribution >= 0.6 is 0 Å². The molecule has 2 aromatic rings. The van der Waals surface area contributed by atoms with Crippen LogP contribution in [0.2, 0.25) is 0 Å². The van der Waals surface area contributed by atoms with Gasteiger partial charge >= 0.3 is 0 Å². The molecule has 2 amide bonds. The van der Waals surface area contributed by atoms with Gasteiger partial charge in [-0.1, -0.05) is 12.1 Å². The largest absolute Gasteiger partial charge is 0.482 e. The first-order valence-corrected chi connectivity index (χ1v) is 7.94. The summed E-state index contributed by atoms with van der Waals surface area (Å²) in [4.78, 5) is 36.3. The SMILES string of the molecule is Cc1ccc(C)c(NC(=O)CN2C(=O)COc3ccc([N+](=O)[O-])cc32)c1. The van der Waals surface area contributed by atoms with Crippen molar-refractivity contribution in [1.29, 1.82) is 0 Å². The molecule has 0 unspecified atom stereocenters. The van der Waals surface area contributed by atoms with Crippen molar-refractivity contribution in [3.63, 3.8) is 0 Å². The van der Waals surface area contributed by atoms with Gasteiger partial charge in [0.2, 0.25) is 5.91 Å². The van der Waals surface area contributed by atoms with Gasteiger partial charge < -0.3 is 10.1 Å². The van der Waals surface area contributed by atoms with Crippen molar-refractivity contribution in [3.05, 3.63) is 57.6 Å². The Kier molecular flexibility index (Phi) is 4.57. The molecular weight excluding hydrogens is 338 g/mol. The van der Waals surface area contributed by atoms with E-state index in [1.54, 1.807) is 0 Å². The van der Waals surface area contributed by atoms with E-state index >= 15 is 0 Å². The van der Waals surface area contributed by atoms with Gasteiger partial charge in [0.1, 0.15) is 12.3 Å². The van der Waals surface area contributed by atoms with Gasteiger partial charge in [-0.05, 0) is 37.1 Å². The average Bonchev–Trinajstić information content (AvgIpc) is 2.60. The zero-order valence-electron chi connectivity index (χ0n) is 14.3. The molecule has 0 saturated heterocycles. The molecule has 2 aromatic carbocycles. The molecule has 134 valence electrons. The number of ether oxygens (including phenoxy) is 1. The summed E-state index contributed by atoms with van der Waals surface area (Å²) in [6, 6.07) is 9.62. The number of non-ortho nitro benzene ring substituents is 1. The maximum Gasteiger partial charge on any atom is 0.271 e. The van der Waals surface area contributed by atoms with E-state index < -0.39 is 16.7 Å². The van der Waals surface area contributed by atoms with Crippen molar-refractivity contribution < 1.29 is 19.2 Å². The Balaban J connectivity index is 1.84. The predicted molar refractivity (Wildman–Crippen MR) is 95.5 cm³/mol. The number of fused-ring (bicyclic) bond motifs is 1. The lowest BCUT2D eigenvalue weighted by atomic mass is 10.1. The number of rotatable bonds is 4. The summed E-state index contributed by atoms with van der Waals surface area (Å²) < 4.78 is 5.29. The van der Waals surface area contributed by atoms with Crippen LogP contribution in [0.5, 0.6) is 5.75 Å². The molecule has 1 aliphatic heterocycles. The molecule has 0 radical (unpaired) electrons. The van der Waals surface area contributed by atoms with E-state index in [0.717, 1.165) is 11.1 Å². The van der Waals surface area contributed by atoms with Crippen LogP contribution in [0.25, 0.3) is 0 Å². The molecule has 1 heterocycles. The van der Waals surface area contributed by atoms with Crippen molar-refractivity contribution in [2.75, 3.05) is 23.4 Å². The van der Waals surface area contributed by atoms with E-state index in [0.29, 0.717) is 11.4 Å². The fourth-order valence-electron chi connectivity index (χ4n) is 2.68. The highest BCUT2D eigenvalue weighted by molar-refractivity contribution is 6.05. The van der Waals surface area contributed by atoms with E-state index in [-0.39, 0.29) is 24.5 Å². The highest BCUT2D eigenvalue weighted by Crippen LogP contribution is 2.35. The molecule has 0 saturated carbocycles. The normalized spacial score (nSPS) is 13.0. The number of anilines is 2. The molecular formula is C18H17N3O5. The van der Waals surface area contributed by atoms with Gasteiger partial charge in [-0.2, -0.15) is 0 Å². The number of amides is 2. The number of nitro groups is 1. The summed E-state index contributed by atoms with van der Waals surface area (Å²) in [5.74, 6) is -0.504. The summed E-state index contributed by atoms with van der Waals surface area (Å²) in [6.45, 7) is 3.30. The number of benzene rings is 2. The van der Waals surface area contributed by atoms with Gasteiger partial charge in [-0.15, -0.1) is 0 Å². The highest BCUT2D eigenvalue weighted by Gasteiger charge is 2.29. The first-order chi connectivity index (χ1) is 12.3. The second kappa shape index (κ2) is 6.83. The van der Waals surface area contributed by atoms with Gasteiger partial charge in [-0.25, -0.2) is 0 Å². The van der Waals surface area contributed by atoms with E-state index in [2.05, 4.69) is 5.32 Å². The van der Waals surface area contributed by atoms with Crippen molar-refractivity contribution in [2.24, 2.45) is 0 Å². The average molecular weight is 355 g/mol. The van der Waals surface area contributed by atoms with Crippen LogP contribution in [0.3, 0.4) is 0 Å². The predicted octanol–water partition coefficient (Wildman–Crippen LogP) is 2.58. The van der Waals surface area contributed by atoms with Gasteiger partial charge in [-0.3, -0.25) is 24.6 Å². The molecule has 0 aliphatic carbocycles. The Hall–Kier alpha value is -3.42. The quantitative estimate of drug-likeness (QED) is 0.671. The fraction of sp³-hybridized carbons (Fsp3) is 0.222. The third-order valence-electron chi connectivity index (χ3n) is 4.07. The summed E-state index contributed by atoms with van der Waals surface area (Å²) in [5.41, 5.74) is 2.59. The number of hydrogen-bond acceptors (Lipinski definition) is 5. The standard InChI is InChI=1S/C18H17N3O5/c1-11-3-4-12(2)14(7-11)19-17(22)9-20-15-8-13(21(24)25)5-6-16(15)26-10-18(20)23/h3-8H,9-10H2,1-2H3,(H,19,22). The number of aryl methyl sites for hydroxylation is 2. The molecule has 8 heteroatoms. The van der Waals surface area contributed by atoms with E-state index in [4.69, 9.17) is 4.74 Å². The third kappa shape index (κ3) is 3.49. The number of nitrogens with one attached hydrogen (secondary N) is 1. The lowest BCUT2D eigenvalue weighted by Gasteiger charge is -2.28. The van der Waals surface area contributed by atoms with Crippen LogP contribution in [0.1, 0.15) is 11.1 Å². The van der Waals surface area contributed by atoms with Crippen molar-refractivity contribution in [2.45, 2.75) is 13.8 Å². The zero-order chi connectivity index (χ0) is 18.8. The number of carbonyl (C=O) groups excluding carboxylic acids is 2. The highest BCUT2D eigenvalue weighted by atomic mass is 16.6. The Bertz CT molecular complexity index is 910. The van der Waals surface area contributed by atoms with Crippen molar-refractivity contribution in [3.8, 4) is 5.75 Å². The molecule has 0 fully saturated rings. The first kappa shape index (κ1) is 17.4. The maximum absolute atomic E-state index is 12.4. The molecule has 1 N–H and O–H groups in total. The van der Waals surface area contributed by atoms with Crippen LogP contribution in [0.4, 0.5) is 17.1 Å². The number of carbonyl (C=O) groups is 2. The summed E-state index contributed by atoms with van der Waals surface area (Å²) in [5, 5.41) is 13.8. The molecule has 0 bridgehead atoms. The van der Waals surface area contributed by atoms with Gasteiger partial charge in [0, 0.05) is 17.8 Å². The second-order valence-electron chi connectivity index (χ2n) is 6.04. The lowest BCUT2D eigenvalue weighted by molar-refractivity contribution is -0.384. The summed E-state index contributed by atoms with van der Waals surface area (Å²) in [6.07, 6.45) is 0. The number of nitro benzene ring substituents is 1. The van der Waals surface area contributed by atoms with E-state index in [9.17, 15) is 19.7 Å². The Morgan fingerprint density at radius 3 is 2.77 bits per heavy atom. The first-order valence-electron chi connectivity index (χ1n) is 7.94. The van der Waals surface area contributed by atoms with E-state index in [1.165, 1.54) is 23.1 Å². The minimum atomic E-state index is -0.562. The Morgan fingerprint density at radius 2 is 2.04 bits per heavy atom. The molecule has 8 nitrogen and oxygen atoms in total. The van der Waals surface area contributed by atoms with Gasteiger partial charge in [0.25, 0.3) is 11.6 Å². The molecule has 1 aliphatic rings. The summed E-state index contributed by atoms with van der Waals surface area (Å²) in [7, 11) is 0. The Morgan fingerprint density at radius 1 is 1.27 bits per heavy atom. The molecule has 0 aromatic heterocycles. The smallest absolute Gasteiger partial charge is 0.271 e. The third-order valence-corrected chi connectivity index (χ3v) is 4.07. The molecule has 3 rings (SSSR count). The molecule has 0 spiro atoms. The fourth-order valence-corrected chi connectivity index (χ4v) is 2.68. The lowest BCUT2D eigenvalue weighted by Crippen LogP contribution is -2.43. The Labute approximate surface area is 149 Å². The minimum absolute atomic E-state index is 0.179. The van der Waals surface area contributed by atoms with Crippen LogP contribution in [-0.4, -0.2) is 29.9 Å². The number of nitrogens with zero attached hydrogens (tertiary/aromatic N) is 2.